The van der Waals surface area contributed by atoms with Crippen molar-refractivity contribution in [2.75, 3.05) is 7.11 Å². The van der Waals surface area contributed by atoms with Crippen molar-refractivity contribution in [2.45, 2.75) is 32.4 Å². The van der Waals surface area contributed by atoms with Gasteiger partial charge >= 0.3 is 12.1 Å². The normalized spacial score (nSPS) is 12.4. The summed E-state index contributed by atoms with van der Waals surface area (Å²) in [5, 5.41) is 11.4. The average molecular weight is 313 g/mol. The first kappa shape index (κ1) is 17.0. The van der Waals surface area contributed by atoms with Gasteiger partial charge in [0.15, 0.2) is 6.04 Å². The number of nitrogens with two attached hydrogens (primary N) is 1. The minimum absolute atomic E-state index is 0.113. The first-order chi connectivity index (χ1) is 9.64. The van der Waals surface area contributed by atoms with E-state index < -0.39 is 23.7 Å². The summed E-state index contributed by atoms with van der Waals surface area (Å²) < 4.78 is 9.80. The Bertz CT molecular complexity index is 548. The lowest BCUT2D eigenvalue weighted by atomic mass is 10.2. The van der Waals surface area contributed by atoms with Crippen molar-refractivity contribution in [3.05, 3.63) is 21.9 Å². The third-order valence-electron chi connectivity index (χ3n) is 2.31. The van der Waals surface area contributed by atoms with Crippen molar-refractivity contribution in [1.82, 2.24) is 5.32 Å². The number of thiophene rings is 1. The van der Waals surface area contributed by atoms with Gasteiger partial charge in [0.2, 0.25) is 0 Å². The number of nitrogens with one attached hydrogen (secondary N) is 2. The SMILES string of the molecule is COC(=O)C(NC(=O)OC(C)(C)C)c1cc(C(=N)N)cs1. The molecule has 21 heavy (non-hydrogen) atoms. The molecule has 116 valence electrons. The second-order valence-corrected chi connectivity index (χ2v) is 6.20. The molecular formula is C13H19N3O4S. The predicted octanol–water partition coefficient (Wildman–Crippen LogP) is 1.77. The molecule has 0 saturated heterocycles. The van der Waals surface area contributed by atoms with Gasteiger partial charge in [-0.2, -0.15) is 0 Å². The summed E-state index contributed by atoms with van der Waals surface area (Å²) in [6, 6.07) is 0.564. The van der Waals surface area contributed by atoms with Crippen molar-refractivity contribution in [3.8, 4) is 0 Å². The van der Waals surface area contributed by atoms with Crippen LogP contribution in [-0.2, 0) is 14.3 Å². The van der Waals surface area contributed by atoms with Crippen LogP contribution < -0.4 is 11.1 Å². The third kappa shape index (κ3) is 5.07. The van der Waals surface area contributed by atoms with Gasteiger partial charge in [0.1, 0.15) is 11.4 Å². The number of carbonyl (C=O) groups is 2. The molecule has 0 spiro atoms. The van der Waals surface area contributed by atoms with Crippen LogP contribution in [0.2, 0.25) is 0 Å². The van der Waals surface area contributed by atoms with E-state index in [-0.39, 0.29) is 5.84 Å². The third-order valence-corrected chi connectivity index (χ3v) is 3.31. The van der Waals surface area contributed by atoms with Crippen LogP contribution in [0.25, 0.3) is 0 Å². The van der Waals surface area contributed by atoms with Crippen LogP contribution in [0.1, 0.15) is 37.3 Å². The molecule has 1 rings (SSSR count). The Kier molecular flexibility index (Phi) is 5.31. The Labute approximate surface area is 126 Å². The van der Waals surface area contributed by atoms with E-state index in [0.717, 1.165) is 0 Å². The number of amidine groups is 1. The van der Waals surface area contributed by atoms with Crippen LogP contribution in [0.15, 0.2) is 11.4 Å². The summed E-state index contributed by atoms with van der Waals surface area (Å²) in [4.78, 5) is 24.1. The molecule has 0 radical (unpaired) electrons. The van der Waals surface area contributed by atoms with Crippen molar-refractivity contribution in [2.24, 2.45) is 5.73 Å². The fourth-order valence-electron chi connectivity index (χ4n) is 1.43. The van der Waals surface area contributed by atoms with E-state index in [4.69, 9.17) is 15.9 Å². The number of methoxy groups -OCH3 is 1. The molecule has 0 saturated carbocycles. The zero-order valence-electron chi connectivity index (χ0n) is 12.4. The Balaban J connectivity index is 2.93. The number of hydrogen-bond acceptors (Lipinski definition) is 6. The number of carbonyl (C=O) groups excluding carboxylic acids is 2. The molecule has 0 aliphatic rings. The molecule has 4 N–H and O–H groups in total. The minimum atomic E-state index is -0.997. The highest BCUT2D eigenvalue weighted by molar-refractivity contribution is 7.10. The van der Waals surface area contributed by atoms with Gasteiger partial charge < -0.3 is 20.5 Å². The molecule has 1 atom stereocenters. The highest BCUT2D eigenvalue weighted by Gasteiger charge is 2.28. The summed E-state index contributed by atoms with van der Waals surface area (Å²) >= 11 is 1.20. The van der Waals surface area contributed by atoms with Gasteiger partial charge in [0.25, 0.3) is 0 Å². The quantitative estimate of drug-likeness (QED) is 0.445. The van der Waals surface area contributed by atoms with Crippen LogP contribution in [-0.4, -0.2) is 30.6 Å². The zero-order chi connectivity index (χ0) is 16.2. The number of amides is 1. The van der Waals surface area contributed by atoms with E-state index in [2.05, 4.69) is 10.1 Å². The Morgan fingerprint density at radius 2 is 2.05 bits per heavy atom. The summed E-state index contributed by atoms with van der Waals surface area (Å²) in [6.07, 6.45) is -0.726. The molecule has 0 fully saturated rings. The van der Waals surface area contributed by atoms with E-state index >= 15 is 0 Å². The molecular weight excluding hydrogens is 294 g/mol. The maximum Gasteiger partial charge on any atom is 0.408 e. The van der Waals surface area contributed by atoms with Gasteiger partial charge in [-0.1, -0.05) is 0 Å². The fourth-order valence-corrected chi connectivity index (χ4v) is 2.38. The number of hydrogen-bond donors (Lipinski definition) is 3. The summed E-state index contributed by atoms with van der Waals surface area (Å²) in [7, 11) is 1.23. The van der Waals surface area contributed by atoms with E-state index in [9.17, 15) is 9.59 Å². The van der Waals surface area contributed by atoms with Gasteiger partial charge in [-0.25, -0.2) is 9.59 Å². The van der Waals surface area contributed by atoms with Crippen LogP contribution in [0.4, 0.5) is 4.79 Å². The highest BCUT2D eigenvalue weighted by atomic mass is 32.1. The standard InChI is InChI=1S/C13H19N3O4S/c1-13(2,3)20-12(18)16-9(11(17)19-4)8-5-7(6-21-8)10(14)15/h5-6,9H,1-4H3,(H3,14,15)(H,16,18). The lowest BCUT2D eigenvalue weighted by Crippen LogP contribution is -2.38. The molecule has 0 aliphatic carbocycles. The maximum absolute atomic E-state index is 11.8. The number of alkyl carbamates (subject to hydrolysis) is 1. The monoisotopic (exact) mass is 313 g/mol. The van der Waals surface area contributed by atoms with Crippen LogP contribution in [0.5, 0.6) is 0 Å². The Morgan fingerprint density at radius 1 is 1.43 bits per heavy atom. The topological polar surface area (TPSA) is 114 Å². The minimum Gasteiger partial charge on any atom is -0.467 e. The first-order valence-electron chi connectivity index (χ1n) is 6.14. The first-order valence-corrected chi connectivity index (χ1v) is 7.02. The number of ether oxygens (including phenoxy) is 2. The molecule has 0 aromatic carbocycles. The predicted molar refractivity (Wildman–Crippen MR) is 79.5 cm³/mol. The number of nitrogen functional groups attached to an aromatic ring is 1. The molecule has 1 unspecified atom stereocenters. The second kappa shape index (κ2) is 6.57. The molecule has 1 heterocycles. The van der Waals surface area contributed by atoms with Crippen LogP contribution in [0, 0.1) is 5.41 Å². The van der Waals surface area contributed by atoms with E-state index in [1.165, 1.54) is 18.4 Å². The Morgan fingerprint density at radius 3 is 2.48 bits per heavy atom. The molecule has 1 amide bonds. The van der Waals surface area contributed by atoms with Gasteiger partial charge in [-0.15, -0.1) is 11.3 Å². The molecule has 1 aromatic heterocycles. The average Bonchev–Trinajstić information content (AvgIpc) is 2.82. The van der Waals surface area contributed by atoms with E-state index in [1.54, 1.807) is 32.2 Å². The lowest BCUT2D eigenvalue weighted by Gasteiger charge is -2.22. The number of rotatable bonds is 4. The van der Waals surface area contributed by atoms with E-state index in [1.807, 2.05) is 0 Å². The van der Waals surface area contributed by atoms with Crippen molar-refractivity contribution in [3.63, 3.8) is 0 Å². The smallest absolute Gasteiger partial charge is 0.408 e. The van der Waals surface area contributed by atoms with Crippen molar-refractivity contribution >= 4 is 29.2 Å². The largest absolute Gasteiger partial charge is 0.467 e. The molecule has 1 aromatic rings. The fraction of sp³-hybridized carbons (Fsp3) is 0.462. The van der Waals surface area contributed by atoms with Gasteiger partial charge in [-0.3, -0.25) is 5.41 Å². The van der Waals surface area contributed by atoms with Gasteiger partial charge in [0, 0.05) is 15.8 Å². The van der Waals surface area contributed by atoms with Crippen LogP contribution >= 0.6 is 11.3 Å². The highest BCUT2D eigenvalue weighted by Crippen LogP contribution is 2.23. The second-order valence-electron chi connectivity index (χ2n) is 5.25. The zero-order valence-corrected chi connectivity index (χ0v) is 13.2. The molecule has 0 aliphatic heterocycles. The number of esters is 1. The van der Waals surface area contributed by atoms with Crippen molar-refractivity contribution in [1.29, 1.82) is 5.41 Å². The van der Waals surface area contributed by atoms with Crippen molar-refractivity contribution < 1.29 is 19.1 Å². The summed E-state index contributed by atoms with van der Waals surface area (Å²) in [5.41, 5.74) is 5.19. The van der Waals surface area contributed by atoms with E-state index in [0.29, 0.717) is 10.4 Å². The van der Waals surface area contributed by atoms with Crippen LogP contribution in [0.3, 0.4) is 0 Å². The lowest BCUT2D eigenvalue weighted by molar-refractivity contribution is -0.143. The maximum atomic E-state index is 11.8. The molecule has 0 bridgehead atoms. The summed E-state index contributed by atoms with van der Waals surface area (Å²) in [6.45, 7) is 5.16. The Hall–Kier alpha value is -2.09. The van der Waals surface area contributed by atoms with Gasteiger partial charge in [-0.05, 0) is 26.8 Å². The summed E-state index contributed by atoms with van der Waals surface area (Å²) in [5.74, 6) is -0.740. The van der Waals surface area contributed by atoms with Gasteiger partial charge in [0.05, 0.1) is 7.11 Å². The molecule has 7 nitrogen and oxygen atoms in total. The molecule has 8 heteroatoms.